The number of benzene rings is 1. The fourth-order valence-electron chi connectivity index (χ4n) is 2.16. The molecule has 1 amide bonds. The molecule has 3 aromatic rings. The number of guanidine groups is 1. The Kier molecular flexibility index (Phi) is 4.02. The summed E-state index contributed by atoms with van der Waals surface area (Å²) >= 11 is 0. The number of carbonyl (C=O) groups excluding carboxylic acids is 1. The zero-order valence-corrected chi connectivity index (χ0v) is 12.9. The summed E-state index contributed by atoms with van der Waals surface area (Å²) in [6.07, 6.45) is 3.11. The summed E-state index contributed by atoms with van der Waals surface area (Å²) in [5, 5.41) is 3.34. The second-order valence-electron chi connectivity index (χ2n) is 5.05. The fourth-order valence-corrected chi connectivity index (χ4v) is 2.16. The van der Waals surface area contributed by atoms with E-state index in [0.29, 0.717) is 22.9 Å². The number of hydrogen-bond donors (Lipinski definition) is 4. The molecular formula is C16H16N6O2. The second kappa shape index (κ2) is 6.29. The van der Waals surface area contributed by atoms with Crippen molar-refractivity contribution in [3.63, 3.8) is 0 Å². The Hall–Kier alpha value is -3.55. The van der Waals surface area contributed by atoms with Crippen molar-refractivity contribution in [2.45, 2.75) is 0 Å². The SMILES string of the molecule is CN=C(N)NC(=O)c1cc2ccc(Oc3cncc(N)c3)cc2[nH]1. The van der Waals surface area contributed by atoms with Gasteiger partial charge in [-0.15, -0.1) is 0 Å². The highest BCUT2D eigenvalue weighted by Gasteiger charge is 2.11. The third kappa shape index (κ3) is 3.27. The Bertz CT molecular complexity index is 931. The number of anilines is 1. The standard InChI is InChI=1S/C16H16N6O2/c1-19-16(18)22-15(23)14-4-9-2-3-11(6-13(9)21-14)24-12-5-10(17)7-20-8-12/h2-8,21H,17H2,1H3,(H3,18,19,22,23). The summed E-state index contributed by atoms with van der Waals surface area (Å²) in [7, 11) is 1.50. The molecule has 0 unspecified atom stereocenters. The molecule has 0 saturated carbocycles. The maximum atomic E-state index is 12.0. The van der Waals surface area contributed by atoms with Crippen LogP contribution in [0, 0.1) is 0 Å². The Balaban J connectivity index is 1.85. The van der Waals surface area contributed by atoms with E-state index in [1.807, 2.05) is 6.07 Å². The number of aliphatic imine (C=N–C) groups is 1. The largest absolute Gasteiger partial charge is 0.456 e. The van der Waals surface area contributed by atoms with E-state index in [-0.39, 0.29) is 11.9 Å². The lowest BCUT2D eigenvalue weighted by atomic mass is 10.2. The Labute approximate surface area is 137 Å². The van der Waals surface area contributed by atoms with Gasteiger partial charge in [-0.2, -0.15) is 0 Å². The van der Waals surface area contributed by atoms with E-state index in [1.54, 1.807) is 30.5 Å². The number of fused-ring (bicyclic) bond motifs is 1. The van der Waals surface area contributed by atoms with Gasteiger partial charge in [0, 0.05) is 30.1 Å². The zero-order valence-electron chi connectivity index (χ0n) is 12.9. The van der Waals surface area contributed by atoms with Crippen molar-refractivity contribution in [3.8, 4) is 11.5 Å². The first-order valence-electron chi connectivity index (χ1n) is 7.10. The number of nitrogens with one attached hydrogen (secondary N) is 2. The molecule has 8 heteroatoms. The van der Waals surface area contributed by atoms with E-state index in [9.17, 15) is 4.79 Å². The summed E-state index contributed by atoms with van der Waals surface area (Å²) < 4.78 is 5.72. The van der Waals surface area contributed by atoms with Gasteiger partial charge < -0.3 is 21.2 Å². The highest BCUT2D eigenvalue weighted by Crippen LogP contribution is 2.26. The molecule has 2 aromatic heterocycles. The number of ether oxygens (including phenoxy) is 1. The Morgan fingerprint density at radius 3 is 2.83 bits per heavy atom. The first-order chi connectivity index (χ1) is 11.5. The normalized spacial score (nSPS) is 11.5. The van der Waals surface area contributed by atoms with Crippen LogP contribution in [-0.4, -0.2) is 28.9 Å². The number of rotatable bonds is 3. The van der Waals surface area contributed by atoms with Gasteiger partial charge in [0.05, 0.1) is 18.1 Å². The van der Waals surface area contributed by atoms with Crippen molar-refractivity contribution in [2.75, 3.05) is 12.8 Å². The summed E-state index contributed by atoms with van der Waals surface area (Å²) in [5.74, 6) is 0.817. The predicted molar refractivity (Wildman–Crippen MR) is 92.0 cm³/mol. The van der Waals surface area contributed by atoms with Gasteiger partial charge in [0.1, 0.15) is 17.2 Å². The summed E-state index contributed by atoms with van der Waals surface area (Å²) in [6.45, 7) is 0. The lowest BCUT2D eigenvalue weighted by Crippen LogP contribution is -2.36. The van der Waals surface area contributed by atoms with Gasteiger partial charge in [0.2, 0.25) is 0 Å². The lowest BCUT2D eigenvalue weighted by Gasteiger charge is -2.05. The highest BCUT2D eigenvalue weighted by atomic mass is 16.5. The topological polar surface area (TPSA) is 131 Å². The summed E-state index contributed by atoms with van der Waals surface area (Å²) in [4.78, 5) is 22.7. The van der Waals surface area contributed by atoms with E-state index < -0.39 is 0 Å². The number of carbonyl (C=O) groups is 1. The molecule has 0 bridgehead atoms. The number of nitrogen functional groups attached to an aromatic ring is 1. The molecule has 8 nitrogen and oxygen atoms in total. The zero-order chi connectivity index (χ0) is 17.1. The van der Waals surface area contributed by atoms with Crippen molar-refractivity contribution in [2.24, 2.45) is 10.7 Å². The second-order valence-corrected chi connectivity index (χ2v) is 5.05. The number of nitrogens with two attached hydrogens (primary N) is 2. The van der Waals surface area contributed by atoms with Crippen LogP contribution < -0.4 is 21.5 Å². The average Bonchev–Trinajstić information content (AvgIpc) is 2.98. The van der Waals surface area contributed by atoms with Gasteiger partial charge >= 0.3 is 0 Å². The molecule has 0 atom stereocenters. The number of nitrogens with zero attached hydrogens (tertiary/aromatic N) is 2. The molecule has 0 saturated heterocycles. The van der Waals surface area contributed by atoms with Crippen LogP contribution in [0.4, 0.5) is 5.69 Å². The van der Waals surface area contributed by atoms with Crippen molar-refractivity contribution < 1.29 is 9.53 Å². The molecule has 6 N–H and O–H groups in total. The minimum Gasteiger partial charge on any atom is -0.456 e. The summed E-state index contributed by atoms with van der Waals surface area (Å²) in [5.41, 5.74) is 12.8. The van der Waals surface area contributed by atoms with Gasteiger partial charge in [-0.05, 0) is 18.2 Å². The smallest absolute Gasteiger partial charge is 0.274 e. The minimum absolute atomic E-state index is 0.0526. The maximum Gasteiger partial charge on any atom is 0.274 e. The number of H-pyrrole nitrogens is 1. The molecule has 0 spiro atoms. The van der Waals surface area contributed by atoms with Crippen LogP contribution in [0.2, 0.25) is 0 Å². The van der Waals surface area contributed by atoms with E-state index >= 15 is 0 Å². The quantitative estimate of drug-likeness (QED) is 0.429. The van der Waals surface area contributed by atoms with E-state index in [0.717, 1.165) is 10.9 Å². The molecule has 2 heterocycles. The molecule has 3 rings (SSSR count). The molecule has 0 fully saturated rings. The average molecular weight is 324 g/mol. The van der Waals surface area contributed by atoms with Crippen LogP contribution in [0.1, 0.15) is 10.5 Å². The van der Waals surface area contributed by atoms with Gasteiger partial charge in [-0.3, -0.25) is 20.1 Å². The van der Waals surface area contributed by atoms with Gasteiger partial charge in [-0.1, -0.05) is 0 Å². The molecule has 0 aliphatic rings. The van der Waals surface area contributed by atoms with E-state index in [2.05, 4.69) is 20.3 Å². The lowest BCUT2D eigenvalue weighted by molar-refractivity contribution is 0.0972. The fraction of sp³-hybridized carbons (Fsp3) is 0.0625. The maximum absolute atomic E-state index is 12.0. The predicted octanol–water partition coefficient (Wildman–Crippen LogP) is 1.61. The first-order valence-corrected chi connectivity index (χ1v) is 7.10. The third-order valence-corrected chi connectivity index (χ3v) is 3.29. The molecule has 122 valence electrons. The Morgan fingerprint density at radius 1 is 1.25 bits per heavy atom. The molecule has 0 aliphatic carbocycles. The van der Waals surface area contributed by atoms with Crippen molar-refractivity contribution in [3.05, 3.63) is 48.4 Å². The molecular weight excluding hydrogens is 308 g/mol. The molecule has 0 radical (unpaired) electrons. The van der Waals surface area contributed by atoms with Crippen molar-refractivity contribution in [1.82, 2.24) is 15.3 Å². The first kappa shape index (κ1) is 15.3. The van der Waals surface area contributed by atoms with Crippen molar-refractivity contribution in [1.29, 1.82) is 0 Å². The van der Waals surface area contributed by atoms with Crippen LogP contribution in [0.3, 0.4) is 0 Å². The molecule has 1 aromatic carbocycles. The number of pyridine rings is 1. The monoisotopic (exact) mass is 324 g/mol. The third-order valence-electron chi connectivity index (χ3n) is 3.29. The number of aromatic amines is 1. The number of aromatic nitrogens is 2. The van der Waals surface area contributed by atoms with Crippen LogP contribution in [-0.2, 0) is 0 Å². The van der Waals surface area contributed by atoms with Gasteiger partial charge in [0.25, 0.3) is 5.91 Å². The van der Waals surface area contributed by atoms with E-state index in [1.165, 1.54) is 13.2 Å². The van der Waals surface area contributed by atoms with Gasteiger partial charge in [-0.25, -0.2) is 0 Å². The van der Waals surface area contributed by atoms with Crippen LogP contribution in [0.25, 0.3) is 10.9 Å². The van der Waals surface area contributed by atoms with Crippen LogP contribution in [0.15, 0.2) is 47.7 Å². The number of amides is 1. The summed E-state index contributed by atoms with van der Waals surface area (Å²) in [6, 6.07) is 8.82. The molecule has 24 heavy (non-hydrogen) atoms. The molecule has 0 aliphatic heterocycles. The highest BCUT2D eigenvalue weighted by molar-refractivity contribution is 6.06. The van der Waals surface area contributed by atoms with Gasteiger partial charge in [0.15, 0.2) is 5.96 Å². The minimum atomic E-state index is -0.364. The van der Waals surface area contributed by atoms with Crippen LogP contribution in [0.5, 0.6) is 11.5 Å². The Morgan fingerprint density at radius 2 is 2.08 bits per heavy atom. The van der Waals surface area contributed by atoms with Crippen LogP contribution >= 0.6 is 0 Å². The van der Waals surface area contributed by atoms with Crippen molar-refractivity contribution >= 4 is 28.5 Å². The van der Waals surface area contributed by atoms with E-state index in [4.69, 9.17) is 16.2 Å². The number of hydrogen-bond acceptors (Lipinski definition) is 5.